The monoisotopic (exact) mass is 467 g/mol. The number of amides is 1. The third-order valence-corrected chi connectivity index (χ3v) is 6.26. The molecule has 4 aromatic rings. The molecule has 0 aliphatic rings. The number of nitrogens with zero attached hydrogens (tertiary/aromatic N) is 3. The number of ether oxygens (including phenoxy) is 2. The smallest absolute Gasteiger partial charge is 0.267 e. The Labute approximate surface area is 195 Å². The Morgan fingerprint density at radius 3 is 2.50 bits per heavy atom. The van der Waals surface area contributed by atoms with Gasteiger partial charge in [0.25, 0.3) is 5.91 Å². The summed E-state index contributed by atoms with van der Waals surface area (Å²) < 4.78 is 12.2. The fourth-order valence-corrected chi connectivity index (χ4v) is 4.34. The van der Waals surface area contributed by atoms with Crippen molar-refractivity contribution in [2.24, 2.45) is 0 Å². The Kier molecular flexibility index (Phi) is 6.87. The van der Waals surface area contributed by atoms with E-state index in [1.54, 1.807) is 23.2 Å². The van der Waals surface area contributed by atoms with Crippen LogP contribution in [0.5, 0.6) is 11.5 Å². The fraction of sp³-hybridized carbons (Fsp3) is 0.208. The second-order valence-electron chi connectivity index (χ2n) is 7.01. The van der Waals surface area contributed by atoms with E-state index in [9.17, 15) is 4.79 Å². The minimum atomic E-state index is -0.215. The number of carbonyl (C=O) groups is 1. The van der Waals surface area contributed by atoms with Crippen LogP contribution in [0.25, 0.3) is 10.2 Å². The predicted molar refractivity (Wildman–Crippen MR) is 128 cm³/mol. The second kappa shape index (κ2) is 9.97. The first-order valence-corrected chi connectivity index (χ1v) is 11.4. The van der Waals surface area contributed by atoms with Crippen LogP contribution in [0.3, 0.4) is 0 Å². The number of benzene rings is 2. The van der Waals surface area contributed by atoms with E-state index < -0.39 is 0 Å². The molecular weight excluding hydrogens is 446 g/mol. The molecule has 0 bridgehead atoms. The minimum Gasteiger partial charge on any atom is -0.494 e. The summed E-state index contributed by atoms with van der Waals surface area (Å²) in [5.74, 6) is 1.13. The van der Waals surface area contributed by atoms with Gasteiger partial charge in [-0.2, -0.15) is 0 Å². The Bertz CT molecular complexity index is 1210. The molecule has 0 spiro atoms. The molecule has 0 fully saturated rings. The van der Waals surface area contributed by atoms with Crippen molar-refractivity contribution in [3.8, 4) is 11.5 Å². The molecule has 0 saturated carbocycles. The van der Waals surface area contributed by atoms with Crippen molar-refractivity contribution in [1.29, 1.82) is 0 Å². The topological polar surface area (TPSA) is 64.6 Å². The maximum absolute atomic E-state index is 13.2. The first-order chi connectivity index (χ1) is 15.5. The number of halogens is 1. The highest BCUT2D eigenvalue weighted by atomic mass is 35.5. The maximum Gasteiger partial charge on any atom is 0.267 e. The molecule has 4 rings (SSSR count). The predicted octanol–water partition coefficient (Wildman–Crippen LogP) is 5.66. The van der Waals surface area contributed by atoms with Crippen LogP contribution >= 0.6 is 22.9 Å². The number of thiazole rings is 1. The number of aryl methyl sites for hydroxylation is 1. The molecule has 0 atom stereocenters. The number of rotatable bonds is 8. The molecule has 2 aromatic carbocycles. The third-order valence-electron chi connectivity index (χ3n) is 4.81. The molecule has 1 amide bonds. The first-order valence-electron chi connectivity index (χ1n) is 10.2. The van der Waals surface area contributed by atoms with Crippen LogP contribution in [0, 0.1) is 6.92 Å². The van der Waals surface area contributed by atoms with Crippen molar-refractivity contribution in [2.45, 2.75) is 20.4 Å². The average molecular weight is 468 g/mol. The van der Waals surface area contributed by atoms with Crippen LogP contribution in [0.15, 0.2) is 60.8 Å². The number of fused-ring (bicyclic) bond motifs is 1. The quantitative estimate of drug-likeness (QED) is 0.334. The molecule has 32 heavy (non-hydrogen) atoms. The number of pyridine rings is 1. The van der Waals surface area contributed by atoms with Gasteiger partial charge >= 0.3 is 0 Å². The standard InChI is InChI=1S/C24H22ClN3O3S/c1-3-30-18-7-9-19(10-8-18)31-15-22(29)28(14-17-6-4-5-13-26-17)24-27-23-16(2)20(25)11-12-21(23)32-24/h4-13H,3,14-15H2,1-2H3. The van der Waals surface area contributed by atoms with Gasteiger partial charge in [0, 0.05) is 11.2 Å². The summed E-state index contributed by atoms with van der Waals surface area (Å²) in [6.45, 7) is 4.61. The molecule has 0 aliphatic carbocycles. The van der Waals surface area contributed by atoms with E-state index in [-0.39, 0.29) is 12.5 Å². The van der Waals surface area contributed by atoms with Crippen molar-refractivity contribution >= 4 is 44.2 Å². The van der Waals surface area contributed by atoms with Gasteiger partial charge in [0.05, 0.1) is 29.1 Å². The van der Waals surface area contributed by atoms with Crippen LogP contribution in [0.2, 0.25) is 5.02 Å². The molecule has 0 unspecified atom stereocenters. The lowest BCUT2D eigenvalue weighted by molar-refractivity contribution is -0.120. The number of carbonyl (C=O) groups excluding carboxylic acids is 1. The lowest BCUT2D eigenvalue weighted by atomic mass is 10.2. The Morgan fingerprint density at radius 2 is 1.81 bits per heavy atom. The number of anilines is 1. The van der Waals surface area contributed by atoms with Gasteiger partial charge in [0.1, 0.15) is 11.5 Å². The molecule has 8 heteroatoms. The Balaban J connectivity index is 1.57. The van der Waals surface area contributed by atoms with Gasteiger partial charge in [-0.05, 0) is 67.9 Å². The Morgan fingerprint density at radius 1 is 1.06 bits per heavy atom. The highest BCUT2D eigenvalue weighted by Crippen LogP contribution is 2.34. The van der Waals surface area contributed by atoms with Crippen LogP contribution in [0.4, 0.5) is 5.13 Å². The van der Waals surface area contributed by atoms with Crippen LogP contribution in [-0.4, -0.2) is 29.1 Å². The first kappa shape index (κ1) is 22.0. The zero-order valence-electron chi connectivity index (χ0n) is 17.7. The minimum absolute atomic E-state index is 0.128. The molecular formula is C24H22ClN3O3S. The summed E-state index contributed by atoms with van der Waals surface area (Å²) >= 11 is 7.70. The summed E-state index contributed by atoms with van der Waals surface area (Å²) in [6.07, 6.45) is 1.71. The zero-order valence-corrected chi connectivity index (χ0v) is 19.3. The second-order valence-corrected chi connectivity index (χ2v) is 8.43. The van der Waals surface area contributed by atoms with Crippen molar-refractivity contribution in [2.75, 3.05) is 18.1 Å². The van der Waals surface area contributed by atoms with Crippen molar-refractivity contribution in [1.82, 2.24) is 9.97 Å². The summed E-state index contributed by atoms with van der Waals surface area (Å²) in [5.41, 5.74) is 2.45. The third kappa shape index (κ3) is 5.00. The van der Waals surface area contributed by atoms with Gasteiger partial charge in [-0.25, -0.2) is 4.98 Å². The fourth-order valence-electron chi connectivity index (χ4n) is 3.14. The zero-order chi connectivity index (χ0) is 22.5. The van der Waals surface area contributed by atoms with E-state index in [0.717, 1.165) is 27.2 Å². The summed E-state index contributed by atoms with van der Waals surface area (Å²) in [4.78, 5) is 23.9. The van der Waals surface area contributed by atoms with Crippen LogP contribution in [0.1, 0.15) is 18.2 Å². The van der Waals surface area contributed by atoms with E-state index in [1.165, 1.54) is 11.3 Å². The van der Waals surface area contributed by atoms with E-state index in [0.29, 0.717) is 29.1 Å². The number of aromatic nitrogens is 2. The highest BCUT2D eigenvalue weighted by molar-refractivity contribution is 7.22. The van der Waals surface area contributed by atoms with Crippen LogP contribution < -0.4 is 14.4 Å². The van der Waals surface area contributed by atoms with Crippen molar-refractivity contribution < 1.29 is 14.3 Å². The average Bonchev–Trinajstić information content (AvgIpc) is 3.25. The summed E-state index contributed by atoms with van der Waals surface area (Å²) in [6, 6.07) is 16.6. The molecule has 164 valence electrons. The normalized spacial score (nSPS) is 10.8. The van der Waals surface area contributed by atoms with Crippen LogP contribution in [-0.2, 0) is 11.3 Å². The molecule has 0 saturated heterocycles. The molecule has 0 aliphatic heterocycles. The maximum atomic E-state index is 13.2. The molecule has 2 heterocycles. The van der Waals surface area contributed by atoms with Crippen molar-refractivity contribution in [3.63, 3.8) is 0 Å². The highest BCUT2D eigenvalue weighted by Gasteiger charge is 2.22. The van der Waals surface area contributed by atoms with E-state index >= 15 is 0 Å². The van der Waals surface area contributed by atoms with Gasteiger partial charge in [-0.1, -0.05) is 29.0 Å². The number of hydrogen-bond acceptors (Lipinski definition) is 6. The molecule has 2 aromatic heterocycles. The van der Waals surface area contributed by atoms with E-state index in [1.807, 2.05) is 56.3 Å². The largest absolute Gasteiger partial charge is 0.494 e. The Hall–Kier alpha value is -3.16. The lowest BCUT2D eigenvalue weighted by Crippen LogP contribution is -2.34. The van der Waals surface area contributed by atoms with E-state index in [2.05, 4.69) is 4.98 Å². The molecule has 0 N–H and O–H groups in total. The molecule has 0 radical (unpaired) electrons. The molecule has 6 nitrogen and oxygen atoms in total. The van der Waals surface area contributed by atoms with E-state index in [4.69, 9.17) is 26.1 Å². The SMILES string of the molecule is CCOc1ccc(OCC(=O)N(Cc2ccccn2)c2nc3c(C)c(Cl)ccc3s2)cc1. The summed E-state index contributed by atoms with van der Waals surface area (Å²) in [5, 5.41) is 1.23. The lowest BCUT2D eigenvalue weighted by Gasteiger charge is -2.19. The van der Waals surface area contributed by atoms with Gasteiger partial charge in [-0.15, -0.1) is 0 Å². The summed E-state index contributed by atoms with van der Waals surface area (Å²) in [7, 11) is 0. The van der Waals surface area contributed by atoms with Gasteiger partial charge in [0.15, 0.2) is 11.7 Å². The van der Waals surface area contributed by atoms with Gasteiger partial charge in [0.2, 0.25) is 0 Å². The van der Waals surface area contributed by atoms with Gasteiger partial charge in [-0.3, -0.25) is 14.7 Å². The van der Waals surface area contributed by atoms with Gasteiger partial charge < -0.3 is 9.47 Å². The number of hydrogen-bond donors (Lipinski definition) is 0. The van der Waals surface area contributed by atoms with Crippen molar-refractivity contribution in [3.05, 3.63) is 77.1 Å².